The Morgan fingerprint density at radius 2 is 1.00 bits per heavy atom. The lowest BCUT2D eigenvalue weighted by Crippen LogP contribution is -2.47. The molecule has 0 radical (unpaired) electrons. The summed E-state index contributed by atoms with van der Waals surface area (Å²) < 4.78 is 18.8. The van der Waals surface area contributed by atoms with Gasteiger partial charge in [0.25, 0.3) is 11.8 Å². The smallest absolute Gasteiger partial charge is 0.257 e. The Labute approximate surface area is 367 Å². The molecule has 2 unspecified atom stereocenters. The third kappa shape index (κ3) is 8.68. The van der Waals surface area contributed by atoms with E-state index in [1.165, 1.54) is 0 Å². The van der Waals surface area contributed by atoms with Gasteiger partial charge in [-0.3, -0.25) is 9.59 Å². The number of aromatic hydroxyl groups is 1. The monoisotopic (exact) mass is 854 g/mol. The number of hydrogen-bond acceptors (Lipinski definition) is 6. The number of hydrogen-bond donors (Lipinski definition) is 1. The molecule has 1 N–H and O–H groups in total. The van der Waals surface area contributed by atoms with E-state index in [-0.39, 0.29) is 24.2 Å². The number of halogens is 2. The van der Waals surface area contributed by atoms with E-state index in [9.17, 15) is 14.7 Å². The van der Waals surface area contributed by atoms with Gasteiger partial charge in [0.05, 0.1) is 13.2 Å². The van der Waals surface area contributed by atoms with E-state index in [1.807, 2.05) is 145 Å². The highest BCUT2D eigenvalue weighted by Crippen LogP contribution is 2.47. The van der Waals surface area contributed by atoms with Gasteiger partial charge >= 0.3 is 0 Å². The lowest BCUT2D eigenvalue weighted by Gasteiger charge is -2.39. The second-order valence-corrected chi connectivity index (χ2v) is 15.7. The van der Waals surface area contributed by atoms with Crippen LogP contribution in [0.25, 0.3) is 0 Å². The number of carbonyl (C=O) groups excluding carboxylic acids is 2. The Balaban J connectivity index is 0.000000185. The first-order valence-electron chi connectivity index (χ1n) is 20.4. The molecule has 0 bridgehead atoms. The first-order valence-corrected chi connectivity index (χ1v) is 21.1. The molecule has 61 heavy (non-hydrogen) atoms. The van der Waals surface area contributed by atoms with Gasteiger partial charge in [-0.15, -0.1) is 0 Å². The fourth-order valence-electron chi connectivity index (χ4n) is 8.02. The van der Waals surface area contributed by atoms with Crippen LogP contribution in [0.2, 0.25) is 10.0 Å². The first-order chi connectivity index (χ1) is 29.7. The second-order valence-electron chi connectivity index (χ2n) is 14.8. The zero-order chi connectivity index (χ0) is 43.0. The predicted molar refractivity (Wildman–Crippen MR) is 240 cm³/mol. The molecule has 8 rings (SSSR count). The van der Waals surface area contributed by atoms with Crippen LogP contribution in [0.1, 0.15) is 80.8 Å². The first kappa shape index (κ1) is 43.2. The summed E-state index contributed by atoms with van der Waals surface area (Å²) in [6.45, 7) is 9.98. The van der Waals surface area contributed by atoms with Crippen LogP contribution in [0.15, 0.2) is 158 Å². The fraction of sp³-hybridized carbons (Fsp3) is 0.216. The number of carbonyl (C=O) groups is 2. The molecule has 2 aliphatic heterocycles. The molecular weight excluding hydrogens is 807 g/mol. The normalized spacial score (nSPS) is 17.7. The summed E-state index contributed by atoms with van der Waals surface area (Å²) in [5.74, 6) is 0.916. The van der Waals surface area contributed by atoms with Crippen molar-refractivity contribution in [2.24, 2.45) is 0 Å². The van der Waals surface area contributed by atoms with Crippen molar-refractivity contribution in [3.05, 3.63) is 213 Å². The average molecular weight is 856 g/mol. The highest BCUT2D eigenvalue weighted by atomic mass is 35.5. The summed E-state index contributed by atoms with van der Waals surface area (Å²) in [7, 11) is 0. The van der Waals surface area contributed by atoms with E-state index < -0.39 is 11.4 Å². The molecule has 312 valence electrons. The van der Waals surface area contributed by atoms with Gasteiger partial charge in [-0.2, -0.15) is 0 Å². The number of nitrogens with zero attached hydrogens (tertiary/aromatic N) is 2. The van der Waals surface area contributed by atoms with Gasteiger partial charge in [0, 0.05) is 56.5 Å². The molecule has 0 aromatic heterocycles. The van der Waals surface area contributed by atoms with Crippen molar-refractivity contribution in [1.82, 2.24) is 9.80 Å². The minimum absolute atomic E-state index is 0.0226. The molecule has 2 atom stereocenters. The van der Waals surface area contributed by atoms with E-state index in [4.69, 9.17) is 37.4 Å². The van der Waals surface area contributed by atoms with Crippen LogP contribution in [0.5, 0.6) is 11.5 Å². The molecule has 6 aromatic carbocycles. The molecule has 0 saturated heterocycles. The molecule has 2 aliphatic rings. The number of phenolic OH excluding ortho intramolecular Hbond substituents is 1. The number of ether oxygens (including phenoxy) is 3. The van der Waals surface area contributed by atoms with Crippen LogP contribution in [-0.4, -0.2) is 46.4 Å². The van der Waals surface area contributed by atoms with Crippen molar-refractivity contribution in [3.63, 3.8) is 0 Å². The van der Waals surface area contributed by atoms with Gasteiger partial charge in [-0.05, 0) is 84.6 Å². The molecule has 2 heterocycles. The minimum Gasteiger partial charge on any atom is -0.508 e. The SMILES string of the molecule is C=CCOc1ccc(COC2(c3ccc(Cl)cc3)c3ccccc3C(=O)N2CCC)cc1.CCCN1C(=O)c2ccccc2C1(OCc1ccc(O)cc1)c1ccc(Cl)cc1. The Kier molecular flexibility index (Phi) is 13.6. The maximum absolute atomic E-state index is 13.4. The van der Waals surface area contributed by atoms with Crippen molar-refractivity contribution in [1.29, 1.82) is 0 Å². The molecule has 0 fully saturated rings. The third-order valence-corrected chi connectivity index (χ3v) is 11.3. The van der Waals surface area contributed by atoms with Crippen molar-refractivity contribution >= 4 is 35.0 Å². The number of phenols is 1. The summed E-state index contributed by atoms with van der Waals surface area (Å²) >= 11 is 12.3. The summed E-state index contributed by atoms with van der Waals surface area (Å²) in [5, 5.41) is 10.8. The van der Waals surface area contributed by atoms with Gasteiger partial charge in [0.15, 0.2) is 11.4 Å². The number of amides is 2. The standard InChI is InChI=1S/C27H26ClNO3.C24H22ClNO3/c1-3-17-29-26(30)24-7-5-6-8-25(24)27(29,21-11-13-22(28)14-12-21)32-19-20-9-15-23(16-10-20)31-18-4-2;1-2-15-26-23(28)21-5-3-4-6-22(21)24(26,18-9-11-19(25)12-10-18)29-16-17-7-13-20(27)14-8-17/h4-16H,2-3,17-19H2,1H3;3-14,27H,2,15-16H2,1H3. The van der Waals surface area contributed by atoms with Crippen LogP contribution in [0.4, 0.5) is 0 Å². The molecule has 0 saturated carbocycles. The van der Waals surface area contributed by atoms with Crippen molar-refractivity contribution in [2.45, 2.75) is 51.4 Å². The van der Waals surface area contributed by atoms with Gasteiger partial charge in [0.1, 0.15) is 18.1 Å². The maximum atomic E-state index is 13.4. The van der Waals surface area contributed by atoms with Crippen LogP contribution in [-0.2, 0) is 34.1 Å². The number of benzene rings is 6. The third-order valence-electron chi connectivity index (χ3n) is 10.8. The van der Waals surface area contributed by atoms with E-state index in [2.05, 4.69) is 13.5 Å². The zero-order valence-electron chi connectivity index (χ0n) is 34.2. The van der Waals surface area contributed by atoms with Gasteiger partial charge in [-0.25, -0.2) is 0 Å². The summed E-state index contributed by atoms with van der Waals surface area (Å²) in [4.78, 5) is 30.3. The topological polar surface area (TPSA) is 88.5 Å². The molecule has 10 heteroatoms. The largest absolute Gasteiger partial charge is 0.508 e. The molecule has 6 aromatic rings. The quantitative estimate of drug-likeness (QED) is 0.104. The molecule has 0 aliphatic carbocycles. The minimum atomic E-state index is -1.04. The van der Waals surface area contributed by atoms with Gasteiger partial charge in [0.2, 0.25) is 0 Å². The lowest BCUT2D eigenvalue weighted by atomic mass is 9.93. The molecule has 0 spiro atoms. The average Bonchev–Trinajstić information content (AvgIpc) is 3.67. The van der Waals surface area contributed by atoms with Crippen molar-refractivity contribution in [2.75, 3.05) is 19.7 Å². The maximum Gasteiger partial charge on any atom is 0.257 e. The van der Waals surface area contributed by atoms with Crippen LogP contribution in [0.3, 0.4) is 0 Å². The zero-order valence-corrected chi connectivity index (χ0v) is 35.7. The van der Waals surface area contributed by atoms with Crippen LogP contribution in [0, 0.1) is 0 Å². The van der Waals surface area contributed by atoms with Crippen LogP contribution >= 0.6 is 23.2 Å². The molecule has 8 nitrogen and oxygen atoms in total. The molecular formula is C51H48Cl2N2O6. The Morgan fingerprint density at radius 1 is 0.590 bits per heavy atom. The van der Waals surface area contributed by atoms with E-state index in [0.717, 1.165) is 52.0 Å². The summed E-state index contributed by atoms with van der Waals surface area (Å²) in [6, 6.07) is 45.0. The van der Waals surface area contributed by atoms with Crippen molar-refractivity contribution in [3.8, 4) is 11.5 Å². The highest BCUT2D eigenvalue weighted by molar-refractivity contribution is 6.30. The second kappa shape index (κ2) is 19.2. The van der Waals surface area contributed by atoms with Gasteiger partial charge < -0.3 is 29.1 Å². The number of rotatable bonds is 15. The Hall–Kier alpha value is -5.90. The highest BCUT2D eigenvalue weighted by Gasteiger charge is 2.53. The Morgan fingerprint density at radius 3 is 1.41 bits per heavy atom. The van der Waals surface area contributed by atoms with E-state index in [0.29, 0.717) is 47.5 Å². The van der Waals surface area contributed by atoms with Crippen LogP contribution < -0.4 is 4.74 Å². The predicted octanol–water partition coefficient (Wildman–Crippen LogP) is 11.5. The van der Waals surface area contributed by atoms with Gasteiger partial charge in [-0.1, -0.05) is 135 Å². The van der Waals surface area contributed by atoms with Crippen molar-refractivity contribution < 1.29 is 28.9 Å². The molecule has 2 amide bonds. The van der Waals surface area contributed by atoms with E-state index >= 15 is 0 Å². The number of fused-ring (bicyclic) bond motifs is 2. The summed E-state index contributed by atoms with van der Waals surface area (Å²) in [6.07, 6.45) is 3.33. The lowest BCUT2D eigenvalue weighted by molar-refractivity contribution is -0.117. The summed E-state index contributed by atoms with van der Waals surface area (Å²) in [5.41, 5.74) is 4.57. The fourth-order valence-corrected chi connectivity index (χ4v) is 8.27. The van der Waals surface area contributed by atoms with E-state index in [1.54, 1.807) is 23.1 Å². The Bertz CT molecular complexity index is 2460.